The van der Waals surface area contributed by atoms with Crippen molar-refractivity contribution in [2.75, 3.05) is 0 Å². The van der Waals surface area contributed by atoms with Crippen molar-refractivity contribution in [1.29, 1.82) is 0 Å². The van der Waals surface area contributed by atoms with Gasteiger partial charge in [-0.15, -0.1) is 0 Å². The fourth-order valence-electron chi connectivity index (χ4n) is 3.51. The van der Waals surface area contributed by atoms with E-state index < -0.39 is 24.0 Å². The van der Waals surface area contributed by atoms with Crippen molar-refractivity contribution in [3.8, 4) is 0 Å². The largest absolute Gasteiger partial charge is 0.391 e. The van der Waals surface area contributed by atoms with Crippen LogP contribution < -0.4 is 5.32 Å². The lowest BCUT2D eigenvalue weighted by atomic mass is 9.85. The summed E-state index contributed by atoms with van der Waals surface area (Å²) in [5, 5.41) is 2.69. The molecule has 0 spiro atoms. The standard InChI is InChI=1S/C21H20F3NO2/c22-21(23,24)15-9-6-10-16(13-15)25-20(27)18-12-5-4-11-17(18)19(26)14-7-2-1-3-8-14/h1-5,7-8,11-12,15-16H,6,9-10,13H2,(H,25,27). The molecule has 2 aromatic carbocycles. The molecule has 1 saturated carbocycles. The normalized spacial score (nSPS) is 20.1. The SMILES string of the molecule is O=C(NC1CCCC(C(F)(F)F)C1)c1ccccc1C(=O)c1ccccc1. The summed E-state index contributed by atoms with van der Waals surface area (Å²) in [5.41, 5.74) is 0.873. The average molecular weight is 375 g/mol. The van der Waals surface area contributed by atoms with E-state index in [1.807, 2.05) is 0 Å². The zero-order valence-electron chi connectivity index (χ0n) is 14.6. The van der Waals surface area contributed by atoms with Crippen LogP contribution >= 0.6 is 0 Å². The molecule has 1 aliphatic rings. The lowest BCUT2D eigenvalue weighted by Crippen LogP contribution is -2.42. The number of rotatable bonds is 4. The third-order valence-corrected chi connectivity index (χ3v) is 4.92. The van der Waals surface area contributed by atoms with Gasteiger partial charge in [0, 0.05) is 17.2 Å². The maximum absolute atomic E-state index is 13.0. The summed E-state index contributed by atoms with van der Waals surface area (Å²) in [7, 11) is 0. The molecule has 2 atom stereocenters. The van der Waals surface area contributed by atoms with Crippen LogP contribution in [0, 0.1) is 5.92 Å². The van der Waals surface area contributed by atoms with E-state index in [2.05, 4.69) is 5.32 Å². The summed E-state index contributed by atoms with van der Waals surface area (Å²) in [6.07, 6.45) is -3.35. The first-order valence-electron chi connectivity index (χ1n) is 8.92. The minimum atomic E-state index is -4.25. The minimum absolute atomic E-state index is 0.0962. The topological polar surface area (TPSA) is 46.2 Å². The predicted molar refractivity (Wildman–Crippen MR) is 95.6 cm³/mol. The Morgan fingerprint density at radius 1 is 0.889 bits per heavy atom. The Hall–Kier alpha value is -2.63. The van der Waals surface area contributed by atoms with E-state index in [1.54, 1.807) is 48.5 Å². The second-order valence-electron chi connectivity index (χ2n) is 6.82. The highest BCUT2D eigenvalue weighted by molar-refractivity contribution is 6.15. The average Bonchev–Trinajstić information content (AvgIpc) is 2.67. The van der Waals surface area contributed by atoms with E-state index in [1.165, 1.54) is 6.07 Å². The Morgan fingerprint density at radius 2 is 1.52 bits per heavy atom. The van der Waals surface area contributed by atoms with Crippen LogP contribution in [0.2, 0.25) is 0 Å². The van der Waals surface area contributed by atoms with Crippen LogP contribution in [0.25, 0.3) is 0 Å². The molecule has 0 saturated heterocycles. The van der Waals surface area contributed by atoms with Gasteiger partial charge >= 0.3 is 6.18 Å². The molecule has 1 N–H and O–H groups in total. The molecule has 2 aromatic rings. The van der Waals surface area contributed by atoms with Crippen LogP contribution in [-0.2, 0) is 0 Å². The van der Waals surface area contributed by atoms with E-state index >= 15 is 0 Å². The molecule has 1 fully saturated rings. The Morgan fingerprint density at radius 3 is 2.19 bits per heavy atom. The van der Waals surface area contributed by atoms with E-state index in [0.717, 1.165) is 0 Å². The fourth-order valence-corrected chi connectivity index (χ4v) is 3.51. The van der Waals surface area contributed by atoms with Crippen molar-refractivity contribution >= 4 is 11.7 Å². The molecule has 142 valence electrons. The Labute approximate surface area is 155 Å². The molecular formula is C21H20F3NO2. The number of benzene rings is 2. The molecule has 0 aliphatic heterocycles. The Kier molecular flexibility index (Phi) is 5.63. The highest BCUT2D eigenvalue weighted by Crippen LogP contribution is 2.37. The van der Waals surface area contributed by atoms with Gasteiger partial charge in [-0.1, -0.05) is 55.0 Å². The number of amides is 1. The minimum Gasteiger partial charge on any atom is -0.349 e. The molecule has 6 heteroatoms. The third-order valence-electron chi connectivity index (χ3n) is 4.92. The van der Waals surface area contributed by atoms with Crippen molar-refractivity contribution in [3.63, 3.8) is 0 Å². The van der Waals surface area contributed by atoms with Crippen LogP contribution in [-0.4, -0.2) is 23.9 Å². The van der Waals surface area contributed by atoms with Gasteiger partial charge in [-0.25, -0.2) is 0 Å². The number of hydrogen-bond acceptors (Lipinski definition) is 2. The Bertz CT molecular complexity index is 818. The number of carbonyl (C=O) groups is 2. The first kappa shape index (κ1) is 19.1. The quantitative estimate of drug-likeness (QED) is 0.783. The number of alkyl halides is 3. The van der Waals surface area contributed by atoms with Gasteiger partial charge in [-0.3, -0.25) is 9.59 Å². The lowest BCUT2D eigenvalue weighted by Gasteiger charge is -2.31. The third kappa shape index (κ3) is 4.56. The first-order valence-corrected chi connectivity index (χ1v) is 8.92. The number of carbonyl (C=O) groups excluding carboxylic acids is 2. The van der Waals surface area contributed by atoms with Crippen molar-refractivity contribution in [3.05, 3.63) is 71.3 Å². The number of hydrogen-bond donors (Lipinski definition) is 1. The number of halogens is 3. The monoisotopic (exact) mass is 375 g/mol. The summed E-state index contributed by atoms with van der Waals surface area (Å²) in [6.45, 7) is 0. The predicted octanol–water partition coefficient (Wildman–Crippen LogP) is 4.77. The molecule has 27 heavy (non-hydrogen) atoms. The van der Waals surface area contributed by atoms with Crippen LogP contribution in [0.5, 0.6) is 0 Å². The first-order chi connectivity index (χ1) is 12.9. The molecule has 0 heterocycles. The molecule has 1 amide bonds. The van der Waals surface area contributed by atoms with E-state index in [-0.39, 0.29) is 29.8 Å². The molecule has 3 rings (SSSR count). The van der Waals surface area contributed by atoms with Crippen LogP contribution in [0.1, 0.15) is 52.0 Å². The summed E-state index contributed by atoms with van der Waals surface area (Å²) in [4.78, 5) is 25.4. The van der Waals surface area contributed by atoms with Crippen LogP contribution in [0.15, 0.2) is 54.6 Å². The Balaban J connectivity index is 1.77. The number of ketones is 1. The summed E-state index contributed by atoms with van der Waals surface area (Å²) >= 11 is 0. The highest BCUT2D eigenvalue weighted by atomic mass is 19.4. The second kappa shape index (κ2) is 7.94. The fraction of sp³-hybridized carbons (Fsp3) is 0.333. The smallest absolute Gasteiger partial charge is 0.349 e. The maximum Gasteiger partial charge on any atom is 0.391 e. The zero-order chi connectivity index (χ0) is 19.4. The van der Waals surface area contributed by atoms with Gasteiger partial charge < -0.3 is 5.32 Å². The van der Waals surface area contributed by atoms with Gasteiger partial charge in [0.15, 0.2) is 5.78 Å². The molecule has 0 aromatic heterocycles. The molecular weight excluding hydrogens is 355 g/mol. The summed E-state index contributed by atoms with van der Waals surface area (Å²) < 4.78 is 38.9. The van der Waals surface area contributed by atoms with Gasteiger partial charge in [0.25, 0.3) is 5.91 Å². The lowest BCUT2D eigenvalue weighted by molar-refractivity contribution is -0.183. The van der Waals surface area contributed by atoms with Gasteiger partial charge in [0.2, 0.25) is 0 Å². The van der Waals surface area contributed by atoms with Gasteiger partial charge in [-0.05, 0) is 25.3 Å². The molecule has 1 aliphatic carbocycles. The van der Waals surface area contributed by atoms with E-state index in [9.17, 15) is 22.8 Å². The van der Waals surface area contributed by atoms with Crippen molar-refractivity contribution in [2.45, 2.75) is 37.9 Å². The molecule has 0 bridgehead atoms. The van der Waals surface area contributed by atoms with E-state index in [4.69, 9.17) is 0 Å². The van der Waals surface area contributed by atoms with Crippen LogP contribution in [0.3, 0.4) is 0 Å². The molecule has 3 nitrogen and oxygen atoms in total. The van der Waals surface area contributed by atoms with Gasteiger partial charge in [0.05, 0.1) is 11.5 Å². The second-order valence-corrected chi connectivity index (χ2v) is 6.82. The van der Waals surface area contributed by atoms with Gasteiger partial charge in [0.1, 0.15) is 0 Å². The van der Waals surface area contributed by atoms with Crippen LogP contribution in [0.4, 0.5) is 13.2 Å². The van der Waals surface area contributed by atoms with Crippen molar-refractivity contribution < 1.29 is 22.8 Å². The molecule has 0 radical (unpaired) electrons. The number of nitrogens with one attached hydrogen (secondary N) is 1. The van der Waals surface area contributed by atoms with E-state index in [0.29, 0.717) is 18.4 Å². The van der Waals surface area contributed by atoms with Crippen molar-refractivity contribution in [1.82, 2.24) is 5.32 Å². The summed E-state index contributed by atoms with van der Waals surface area (Å²) in [6, 6.07) is 14.4. The molecule has 2 unspecified atom stereocenters. The summed E-state index contributed by atoms with van der Waals surface area (Å²) in [5.74, 6) is -2.20. The van der Waals surface area contributed by atoms with Gasteiger partial charge in [-0.2, -0.15) is 13.2 Å². The highest BCUT2D eigenvalue weighted by Gasteiger charge is 2.42. The maximum atomic E-state index is 13.0. The van der Waals surface area contributed by atoms with Crippen molar-refractivity contribution in [2.24, 2.45) is 5.92 Å². The zero-order valence-corrected chi connectivity index (χ0v) is 14.6.